The molecule has 0 unspecified atom stereocenters. The Morgan fingerprint density at radius 3 is 2.79 bits per heavy atom. The highest BCUT2D eigenvalue weighted by molar-refractivity contribution is 7.71. The molecule has 1 fully saturated rings. The Kier molecular flexibility index (Phi) is 5.66. The second-order valence-corrected chi connectivity index (χ2v) is 8.57. The van der Waals surface area contributed by atoms with Crippen LogP contribution in [0.1, 0.15) is 35.7 Å². The topological polar surface area (TPSA) is 44.3 Å². The second kappa shape index (κ2) is 8.07. The number of carbonyl (C=O) groups is 1. The molecule has 0 bridgehead atoms. The zero-order valence-electron chi connectivity index (χ0n) is 16.2. The smallest absolute Gasteiger partial charge is 0.319 e. The molecule has 1 N–H and O–H groups in total. The number of carbonyl (C=O) groups excluding carboxylic acids is 1. The minimum atomic E-state index is -0.699. The molecule has 3 heterocycles. The summed E-state index contributed by atoms with van der Waals surface area (Å²) in [5.41, 5.74) is 1.88. The third-order valence-corrected chi connectivity index (χ3v) is 6.52. The Morgan fingerprint density at radius 2 is 2.07 bits per heavy atom. The molecule has 0 spiro atoms. The molecule has 1 atom stereocenters. The van der Waals surface area contributed by atoms with Gasteiger partial charge in [0.1, 0.15) is 11.6 Å². The van der Waals surface area contributed by atoms with Gasteiger partial charge in [-0.2, -0.15) is 0 Å². The van der Waals surface area contributed by atoms with Crippen molar-refractivity contribution in [1.29, 1.82) is 0 Å². The van der Waals surface area contributed by atoms with E-state index in [1.165, 1.54) is 12.1 Å². The van der Waals surface area contributed by atoms with Crippen molar-refractivity contribution in [3.05, 3.63) is 50.5 Å². The molecular formula is C20H23ClF2N4OS. The van der Waals surface area contributed by atoms with Gasteiger partial charge in [-0.15, -0.1) is 0 Å². The van der Waals surface area contributed by atoms with Gasteiger partial charge in [0.15, 0.2) is 4.77 Å². The monoisotopic (exact) mass is 440 g/mol. The molecular weight excluding hydrogens is 418 g/mol. The normalized spacial score (nSPS) is 18.3. The van der Waals surface area contributed by atoms with Crippen molar-refractivity contribution in [1.82, 2.24) is 19.4 Å². The highest BCUT2D eigenvalue weighted by atomic mass is 35.5. The van der Waals surface area contributed by atoms with Crippen LogP contribution in [0.15, 0.2) is 12.1 Å². The first kappa shape index (κ1) is 20.3. The van der Waals surface area contributed by atoms with Gasteiger partial charge in [0.05, 0.1) is 5.02 Å². The van der Waals surface area contributed by atoms with Crippen molar-refractivity contribution < 1.29 is 13.6 Å². The van der Waals surface area contributed by atoms with Crippen molar-refractivity contribution in [2.24, 2.45) is 0 Å². The number of amides is 2. The zero-order valence-corrected chi connectivity index (χ0v) is 17.8. The number of imidazole rings is 1. The summed E-state index contributed by atoms with van der Waals surface area (Å²) in [5.74, 6) is -1.65. The standard InChI is InChI=1S/C20H23ClF2N4OS/c1-25(20(28)26-7-2-3-8-26)9-6-15-16-10-12(11-27(16)19(29)24-15)17-14(22)5-4-13(21)18(17)23/h4-5,12H,2-3,6-11H2,1H3,(H,24,29)/t12-/m1/s1. The van der Waals surface area contributed by atoms with E-state index >= 15 is 0 Å². The maximum Gasteiger partial charge on any atom is 0.319 e. The Balaban J connectivity index is 1.49. The Morgan fingerprint density at radius 1 is 1.34 bits per heavy atom. The number of fused-ring (bicyclic) bond motifs is 1. The van der Waals surface area contributed by atoms with E-state index < -0.39 is 11.6 Å². The van der Waals surface area contributed by atoms with Crippen molar-refractivity contribution >= 4 is 29.8 Å². The predicted molar refractivity (Wildman–Crippen MR) is 110 cm³/mol. The summed E-state index contributed by atoms with van der Waals surface area (Å²) in [6.45, 7) is 2.57. The summed E-state index contributed by atoms with van der Waals surface area (Å²) in [4.78, 5) is 19.3. The lowest BCUT2D eigenvalue weighted by atomic mass is 9.95. The van der Waals surface area contributed by atoms with Gasteiger partial charge in [-0.1, -0.05) is 11.6 Å². The van der Waals surface area contributed by atoms with Crippen LogP contribution in [0.25, 0.3) is 0 Å². The number of hydrogen-bond donors (Lipinski definition) is 1. The number of H-pyrrole nitrogens is 1. The maximum absolute atomic E-state index is 14.5. The second-order valence-electron chi connectivity index (χ2n) is 7.77. The quantitative estimate of drug-likeness (QED) is 0.561. The Bertz CT molecular complexity index is 999. The van der Waals surface area contributed by atoms with Crippen molar-refractivity contribution in [2.75, 3.05) is 26.7 Å². The van der Waals surface area contributed by atoms with Crippen molar-refractivity contribution in [2.45, 2.75) is 38.1 Å². The third-order valence-electron chi connectivity index (χ3n) is 5.91. The fourth-order valence-electron chi connectivity index (χ4n) is 4.34. The van der Waals surface area contributed by atoms with E-state index in [2.05, 4.69) is 4.98 Å². The summed E-state index contributed by atoms with van der Waals surface area (Å²) in [7, 11) is 1.80. The minimum absolute atomic E-state index is 0.0166. The molecule has 1 aromatic heterocycles. The lowest BCUT2D eigenvalue weighted by molar-refractivity contribution is 0.173. The van der Waals surface area contributed by atoms with Gasteiger partial charge in [0, 0.05) is 62.5 Å². The maximum atomic E-state index is 14.5. The number of urea groups is 1. The van der Waals surface area contributed by atoms with Crippen molar-refractivity contribution in [3.63, 3.8) is 0 Å². The van der Waals surface area contributed by atoms with Crippen LogP contribution in [0.4, 0.5) is 13.6 Å². The van der Waals surface area contributed by atoms with E-state index in [-0.39, 0.29) is 22.5 Å². The summed E-state index contributed by atoms with van der Waals surface area (Å²) in [5, 5.41) is -0.0783. The van der Waals surface area contributed by atoms with Crippen LogP contribution in [0, 0.1) is 16.4 Å². The molecule has 1 saturated heterocycles. The average molecular weight is 441 g/mol. The van der Waals surface area contributed by atoms with Crippen LogP contribution < -0.4 is 0 Å². The number of aromatic nitrogens is 2. The van der Waals surface area contributed by atoms with E-state index in [1.54, 1.807) is 11.9 Å². The molecule has 0 radical (unpaired) electrons. The molecule has 2 amide bonds. The first-order valence-electron chi connectivity index (χ1n) is 9.80. The Labute approximate surface area is 178 Å². The molecule has 2 aliphatic rings. The molecule has 0 saturated carbocycles. The first-order chi connectivity index (χ1) is 13.9. The van der Waals surface area contributed by atoms with E-state index in [9.17, 15) is 13.6 Å². The molecule has 0 aliphatic carbocycles. The molecule has 4 rings (SSSR count). The van der Waals surface area contributed by atoms with Gasteiger partial charge < -0.3 is 19.4 Å². The summed E-state index contributed by atoms with van der Waals surface area (Å²) >= 11 is 11.3. The molecule has 9 heteroatoms. The highest BCUT2D eigenvalue weighted by Gasteiger charge is 2.31. The third kappa shape index (κ3) is 3.80. The highest BCUT2D eigenvalue weighted by Crippen LogP contribution is 2.36. The first-order valence-corrected chi connectivity index (χ1v) is 10.6. The van der Waals surface area contributed by atoms with E-state index in [4.69, 9.17) is 23.8 Å². The molecule has 2 aromatic rings. The van der Waals surface area contributed by atoms with Crippen LogP contribution in [0.2, 0.25) is 5.02 Å². The van der Waals surface area contributed by atoms with E-state index in [0.29, 0.717) is 30.7 Å². The van der Waals surface area contributed by atoms with Gasteiger partial charge in [0.25, 0.3) is 0 Å². The van der Waals surface area contributed by atoms with Gasteiger partial charge in [-0.3, -0.25) is 0 Å². The molecule has 156 valence electrons. The van der Waals surface area contributed by atoms with Crippen LogP contribution in [0.3, 0.4) is 0 Å². The summed E-state index contributed by atoms with van der Waals surface area (Å²) in [6.07, 6.45) is 3.19. The largest absolute Gasteiger partial charge is 0.334 e. The Hall–Kier alpha value is -1.93. The molecule has 1 aromatic carbocycles. The fourth-order valence-corrected chi connectivity index (χ4v) is 4.81. The lowest BCUT2D eigenvalue weighted by Crippen LogP contribution is -2.40. The summed E-state index contributed by atoms with van der Waals surface area (Å²) < 4.78 is 31.2. The molecule has 29 heavy (non-hydrogen) atoms. The molecule has 2 aliphatic heterocycles. The number of rotatable bonds is 4. The van der Waals surface area contributed by atoms with Gasteiger partial charge in [-0.05, 0) is 43.6 Å². The fraction of sp³-hybridized carbons (Fsp3) is 0.500. The van der Waals surface area contributed by atoms with E-state index in [1.807, 2.05) is 9.47 Å². The number of nitrogens with one attached hydrogen (secondary N) is 1. The van der Waals surface area contributed by atoms with Gasteiger partial charge in [-0.25, -0.2) is 13.6 Å². The van der Waals surface area contributed by atoms with Crippen LogP contribution in [-0.4, -0.2) is 52.1 Å². The number of benzene rings is 1. The molecule has 5 nitrogen and oxygen atoms in total. The van der Waals surface area contributed by atoms with E-state index in [0.717, 1.165) is 37.3 Å². The zero-order chi connectivity index (χ0) is 20.7. The van der Waals surface area contributed by atoms with Gasteiger partial charge in [0.2, 0.25) is 0 Å². The number of halogens is 3. The van der Waals surface area contributed by atoms with Gasteiger partial charge >= 0.3 is 6.03 Å². The summed E-state index contributed by atoms with van der Waals surface area (Å²) in [6, 6.07) is 2.48. The average Bonchev–Trinajstić information content (AvgIpc) is 3.42. The number of nitrogens with zero attached hydrogens (tertiary/aromatic N) is 3. The number of likely N-dealkylation sites (N-methyl/N-ethyl adjacent to an activating group) is 1. The SMILES string of the molecule is CN(CCc1[nH]c(=S)n2c1C[C@@H](c1c(F)ccc(Cl)c1F)C2)C(=O)N1CCCC1. The van der Waals surface area contributed by atoms with Crippen LogP contribution in [0.5, 0.6) is 0 Å². The predicted octanol–water partition coefficient (Wildman–Crippen LogP) is 4.51. The van der Waals surface area contributed by atoms with Crippen LogP contribution in [-0.2, 0) is 19.4 Å². The number of aromatic amines is 1. The minimum Gasteiger partial charge on any atom is -0.334 e. The number of hydrogen-bond acceptors (Lipinski definition) is 2. The number of likely N-dealkylation sites (tertiary alicyclic amines) is 1. The van der Waals surface area contributed by atoms with Crippen molar-refractivity contribution in [3.8, 4) is 0 Å². The van der Waals surface area contributed by atoms with Crippen LogP contribution >= 0.6 is 23.8 Å². The lowest BCUT2D eigenvalue weighted by Gasteiger charge is -2.24.